The molecule has 0 atom stereocenters. The first-order valence-corrected chi connectivity index (χ1v) is 7.11. The molecule has 0 aliphatic carbocycles. The molecule has 0 saturated heterocycles. The molecule has 2 rings (SSSR count). The summed E-state index contributed by atoms with van der Waals surface area (Å²) >= 11 is 0. The molecular weight excluding hydrogens is 260 g/mol. The molecule has 0 saturated carbocycles. The molecule has 110 valence electrons. The van der Waals surface area contributed by atoms with Gasteiger partial charge >= 0.3 is 6.03 Å². The number of benzene rings is 2. The summed E-state index contributed by atoms with van der Waals surface area (Å²) < 4.78 is 0. The van der Waals surface area contributed by atoms with Crippen LogP contribution in [0, 0.1) is 20.8 Å². The number of nitrogens with one attached hydrogen (secondary N) is 1. The molecule has 0 heterocycles. The van der Waals surface area contributed by atoms with Gasteiger partial charge in [0, 0.05) is 19.3 Å². The summed E-state index contributed by atoms with van der Waals surface area (Å²) in [6.45, 7) is 6.70. The topological polar surface area (TPSA) is 32.3 Å². The standard InChI is InChI=1S/C18H22N2O/c1-13-10-14(2)17(15(3)11-13)19-18(21)20(4)12-16-8-6-5-7-9-16/h5-11H,12H2,1-4H3,(H,19,21). The lowest BCUT2D eigenvalue weighted by Crippen LogP contribution is -2.31. The van der Waals surface area contributed by atoms with Crippen LogP contribution in [0.1, 0.15) is 22.3 Å². The van der Waals surface area contributed by atoms with Crippen LogP contribution in [0.25, 0.3) is 0 Å². The Labute approximate surface area is 126 Å². The van der Waals surface area contributed by atoms with Gasteiger partial charge in [-0.2, -0.15) is 0 Å². The zero-order valence-corrected chi connectivity index (χ0v) is 13.1. The van der Waals surface area contributed by atoms with Crippen molar-refractivity contribution in [1.82, 2.24) is 4.90 Å². The van der Waals surface area contributed by atoms with E-state index in [0.29, 0.717) is 6.54 Å². The van der Waals surface area contributed by atoms with Crippen LogP contribution in [0.15, 0.2) is 42.5 Å². The second kappa shape index (κ2) is 6.44. The number of urea groups is 1. The van der Waals surface area contributed by atoms with Crippen molar-refractivity contribution in [2.45, 2.75) is 27.3 Å². The van der Waals surface area contributed by atoms with E-state index in [-0.39, 0.29) is 6.03 Å². The molecule has 0 fully saturated rings. The van der Waals surface area contributed by atoms with Gasteiger partial charge in [0.05, 0.1) is 0 Å². The largest absolute Gasteiger partial charge is 0.323 e. The minimum absolute atomic E-state index is 0.0890. The fraction of sp³-hybridized carbons (Fsp3) is 0.278. The van der Waals surface area contributed by atoms with Crippen molar-refractivity contribution < 1.29 is 4.79 Å². The van der Waals surface area contributed by atoms with Gasteiger partial charge in [0.15, 0.2) is 0 Å². The van der Waals surface area contributed by atoms with Crippen molar-refractivity contribution in [3.05, 3.63) is 64.7 Å². The maximum absolute atomic E-state index is 12.3. The fourth-order valence-electron chi connectivity index (χ4n) is 2.51. The summed E-state index contributed by atoms with van der Waals surface area (Å²) in [4.78, 5) is 14.0. The Morgan fingerprint density at radius 3 is 2.19 bits per heavy atom. The van der Waals surface area contributed by atoms with Crippen molar-refractivity contribution in [3.63, 3.8) is 0 Å². The number of nitrogens with zero attached hydrogens (tertiary/aromatic N) is 1. The molecule has 0 bridgehead atoms. The van der Waals surface area contributed by atoms with E-state index in [1.54, 1.807) is 11.9 Å². The minimum Gasteiger partial charge on any atom is -0.323 e. The molecule has 1 N–H and O–H groups in total. The van der Waals surface area contributed by atoms with Gasteiger partial charge in [-0.1, -0.05) is 48.0 Å². The first-order valence-electron chi connectivity index (χ1n) is 7.11. The van der Waals surface area contributed by atoms with Gasteiger partial charge in [-0.25, -0.2) is 4.79 Å². The maximum Gasteiger partial charge on any atom is 0.321 e. The van der Waals surface area contributed by atoms with E-state index in [4.69, 9.17) is 0 Å². The van der Waals surface area contributed by atoms with Crippen LogP contribution in [0.4, 0.5) is 10.5 Å². The summed E-state index contributed by atoms with van der Waals surface area (Å²) in [5, 5.41) is 3.01. The summed E-state index contributed by atoms with van der Waals surface area (Å²) in [6, 6.07) is 14.1. The van der Waals surface area contributed by atoms with E-state index in [1.807, 2.05) is 44.2 Å². The molecular formula is C18H22N2O. The van der Waals surface area contributed by atoms with E-state index in [1.165, 1.54) is 5.56 Å². The number of hydrogen-bond donors (Lipinski definition) is 1. The van der Waals surface area contributed by atoms with Gasteiger partial charge in [-0.05, 0) is 37.5 Å². The number of carbonyl (C=O) groups excluding carboxylic acids is 1. The first-order chi connectivity index (χ1) is 9.97. The van der Waals surface area contributed by atoms with Crippen molar-refractivity contribution in [2.24, 2.45) is 0 Å². The molecule has 3 nitrogen and oxygen atoms in total. The van der Waals surface area contributed by atoms with Crippen molar-refractivity contribution in [3.8, 4) is 0 Å². The summed E-state index contributed by atoms with van der Waals surface area (Å²) in [6.07, 6.45) is 0. The van der Waals surface area contributed by atoms with Crippen LogP contribution in [-0.4, -0.2) is 18.0 Å². The molecule has 0 spiro atoms. The number of aryl methyl sites for hydroxylation is 3. The van der Waals surface area contributed by atoms with Crippen LogP contribution >= 0.6 is 0 Å². The highest BCUT2D eigenvalue weighted by Crippen LogP contribution is 2.22. The maximum atomic E-state index is 12.3. The number of hydrogen-bond acceptors (Lipinski definition) is 1. The lowest BCUT2D eigenvalue weighted by molar-refractivity contribution is 0.220. The molecule has 0 aliphatic rings. The third-order valence-corrected chi connectivity index (χ3v) is 3.52. The third kappa shape index (κ3) is 3.85. The molecule has 21 heavy (non-hydrogen) atoms. The quantitative estimate of drug-likeness (QED) is 0.895. The Hall–Kier alpha value is -2.29. The SMILES string of the molecule is Cc1cc(C)c(NC(=O)N(C)Cc2ccccc2)c(C)c1. The normalized spacial score (nSPS) is 10.3. The van der Waals surface area contributed by atoms with Crippen LogP contribution in [0.3, 0.4) is 0 Å². The Morgan fingerprint density at radius 1 is 1.05 bits per heavy atom. The Bertz CT molecular complexity index is 612. The van der Waals surface area contributed by atoms with E-state index in [9.17, 15) is 4.79 Å². The summed E-state index contributed by atoms with van der Waals surface area (Å²) in [7, 11) is 1.81. The van der Waals surface area contributed by atoms with Gasteiger partial charge in [0.1, 0.15) is 0 Å². The summed E-state index contributed by atoms with van der Waals surface area (Å²) in [5.41, 5.74) is 5.42. The lowest BCUT2D eigenvalue weighted by Gasteiger charge is -2.20. The second-order valence-corrected chi connectivity index (χ2v) is 5.55. The van der Waals surface area contributed by atoms with E-state index in [2.05, 4.69) is 24.4 Å². The van der Waals surface area contributed by atoms with E-state index in [0.717, 1.165) is 22.4 Å². The summed E-state index contributed by atoms with van der Waals surface area (Å²) in [5.74, 6) is 0. The Morgan fingerprint density at radius 2 is 1.62 bits per heavy atom. The first kappa shape index (κ1) is 15.1. The van der Waals surface area contributed by atoms with Crippen LogP contribution in [-0.2, 0) is 6.54 Å². The molecule has 0 radical (unpaired) electrons. The van der Waals surface area contributed by atoms with Crippen LogP contribution in [0.2, 0.25) is 0 Å². The molecule has 0 aromatic heterocycles. The van der Waals surface area contributed by atoms with Gasteiger partial charge < -0.3 is 10.2 Å². The zero-order chi connectivity index (χ0) is 15.4. The minimum atomic E-state index is -0.0890. The van der Waals surface area contributed by atoms with Crippen molar-refractivity contribution in [2.75, 3.05) is 12.4 Å². The highest BCUT2D eigenvalue weighted by Gasteiger charge is 2.12. The predicted molar refractivity (Wildman–Crippen MR) is 87.6 cm³/mol. The average Bonchev–Trinajstić information content (AvgIpc) is 2.43. The van der Waals surface area contributed by atoms with E-state index < -0.39 is 0 Å². The number of rotatable bonds is 3. The molecule has 2 aromatic carbocycles. The van der Waals surface area contributed by atoms with Crippen molar-refractivity contribution >= 4 is 11.7 Å². The monoisotopic (exact) mass is 282 g/mol. The number of amides is 2. The van der Waals surface area contributed by atoms with Gasteiger partial charge in [-0.15, -0.1) is 0 Å². The highest BCUT2D eigenvalue weighted by molar-refractivity contribution is 5.91. The second-order valence-electron chi connectivity index (χ2n) is 5.55. The Balaban J connectivity index is 2.08. The number of anilines is 1. The molecule has 0 aliphatic heterocycles. The van der Waals surface area contributed by atoms with Gasteiger partial charge in [-0.3, -0.25) is 0 Å². The lowest BCUT2D eigenvalue weighted by atomic mass is 10.1. The zero-order valence-electron chi connectivity index (χ0n) is 13.1. The fourth-order valence-corrected chi connectivity index (χ4v) is 2.51. The van der Waals surface area contributed by atoms with Crippen molar-refractivity contribution in [1.29, 1.82) is 0 Å². The number of carbonyl (C=O) groups is 1. The van der Waals surface area contributed by atoms with Crippen LogP contribution < -0.4 is 5.32 Å². The smallest absolute Gasteiger partial charge is 0.321 e. The average molecular weight is 282 g/mol. The van der Waals surface area contributed by atoms with Gasteiger partial charge in [0.2, 0.25) is 0 Å². The third-order valence-electron chi connectivity index (χ3n) is 3.52. The molecule has 0 unspecified atom stereocenters. The van der Waals surface area contributed by atoms with Crippen LogP contribution in [0.5, 0.6) is 0 Å². The van der Waals surface area contributed by atoms with Gasteiger partial charge in [0.25, 0.3) is 0 Å². The van der Waals surface area contributed by atoms with E-state index >= 15 is 0 Å². The predicted octanol–water partition coefficient (Wildman–Crippen LogP) is 4.28. The Kier molecular flexibility index (Phi) is 4.63. The molecule has 2 aromatic rings. The molecule has 2 amide bonds. The highest BCUT2D eigenvalue weighted by atomic mass is 16.2. The molecule has 3 heteroatoms.